The molecule has 0 fully saturated rings. The van der Waals surface area contributed by atoms with Crippen molar-refractivity contribution in [3.63, 3.8) is 0 Å². The number of ether oxygens (including phenoxy) is 3. The van der Waals surface area contributed by atoms with Gasteiger partial charge in [0.15, 0.2) is 12.1 Å². The fraction of sp³-hybridized carbons (Fsp3) is 0.634. The molecule has 0 spiro atoms. The van der Waals surface area contributed by atoms with Crippen LogP contribution in [0.25, 0.3) is 0 Å². The lowest BCUT2D eigenvalue weighted by atomic mass is 10.1. The number of likely N-dealkylation sites (N-methyl/N-ethyl adjacent to an activating group) is 1. The highest BCUT2D eigenvalue weighted by molar-refractivity contribution is 5.72. The van der Waals surface area contributed by atoms with E-state index in [9.17, 15) is 19.5 Å². The molecular formula is C41H68NO7+. The van der Waals surface area contributed by atoms with Gasteiger partial charge in [0.1, 0.15) is 6.61 Å². The van der Waals surface area contributed by atoms with Gasteiger partial charge in [0.2, 0.25) is 0 Å². The zero-order valence-corrected chi connectivity index (χ0v) is 31.4. The van der Waals surface area contributed by atoms with Crippen molar-refractivity contribution in [3.05, 3.63) is 72.9 Å². The fourth-order valence-electron chi connectivity index (χ4n) is 4.81. The Balaban J connectivity index is 4.43. The molecule has 0 aliphatic rings. The summed E-state index contributed by atoms with van der Waals surface area (Å²) in [4.78, 5) is 36.6. The van der Waals surface area contributed by atoms with E-state index >= 15 is 0 Å². The van der Waals surface area contributed by atoms with Crippen LogP contribution in [0.5, 0.6) is 0 Å². The summed E-state index contributed by atoms with van der Waals surface area (Å²) in [6.45, 7) is 4.42. The van der Waals surface area contributed by atoms with E-state index in [-0.39, 0.29) is 36.7 Å². The first-order valence-electron chi connectivity index (χ1n) is 18.5. The Morgan fingerprint density at radius 2 is 1.27 bits per heavy atom. The van der Waals surface area contributed by atoms with Crippen LogP contribution < -0.4 is 0 Å². The Morgan fingerprint density at radius 3 is 1.90 bits per heavy atom. The first kappa shape index (κ1) is 45.8. The highest BCUT2D eigenvalue weighted by Crippen LogP contribution is 2.11. The molecule has 0 aromatic heterocycles. The molecule has 1 N–H and O–H groups in total. The summed E-state index contributed by atoms with van der Waals surface area (Å²) in [6.07, 6.45) is 38.4. The lowest BCUT2D eigenvalue weighted by Crippen LogP contribution is -2.50. The Morgan fingerprint density at radius 1 is 0.653 bits per heavy atom. The number of aliphatic carboxylic acids is 1. The SMILES string of the molecule is CC/C=C/C/C=C/CCC(=O)OC(COCCC(C(=O)O)[N+](C)(C)C)COC(=O)CCCCCCC/C=C/C=C/C=C/C=C/CCCCC. The molecule has 0 aliphatic heterocycles. The Labute approximate surface area is 298 Å². The number of carbonyl (C=O) groups excluding carboxylic acids is 2. The molecule has 0 saturated heterocycles. The van der Waals surface area contributed by atoms with Gasteiger partial charge in [-0.15, -0.1) is 0 Å². The van der Waals surface area contributed by atoms with Crippen LogP contribution in [0, 0.1) is 0 Å². The van der Waals surface area contributed by atoms with E-state index in [0.717, 1.165) is 57.8 Å². The number of allylic oxidation sites excluding steroid dienone is 12. The van der Waals surface area contributed by atoms with Crippen molar-refractivity contribution in [1.29, 1.82) is 0 Å². The first-order chi connectivity index (χ1) is 23.6. The average Bonchev–Trinajstić information content (AvgIpc) is 3.05. The quantitative estimate of drug-likeness (QED) is 0.0255. The summed E-state index contributed by atoms with van der Waals surface area (Å²) in [5.41, 5.74) is 0. The average molecular weight is 687 g/mol. The molecule has 0 aliphatic carbocycles. The first-order valence-corrected chi connectivity index (χ1v) is 18.5. The second kappa shape index (κ2) is 32.0. The van der Waals surface area contributed by atoms with E-state index in [2.05, 4.69) is 62.5 Å². The fourth-order valence-corrected chi connectivity index (χ4v) is 4.81. The number of unbranched alkanes of at least 4 members (excludes halogenated alkanes) is 8. The Kier molecular flexibility index (Phi) is 29.9. The molecule has 49 heavy (non-hydrogen) atoms. The number of carbonyl (C=O) groups is 3. The van der Waals surface area contributed by atoms with E-state index in [1.807, 2.05) is 45.4 Å². The molecule has 2 unspecified atom stereocenters. The predicted molar refractivity (Wildman–Crippen MR) is 201 cm³/mol. The molecular weight excluding hydrogens is 618 g/mol. The molecule has 0 heterocycles. The second-order valence-corrected chi connectivity index (χ2v) is 13.2. The molecule has 0 aromatic carbocycles. The number of rotatable bonds is 31. The molecule has 8 heteroatoms. The molecule has 278 valence electrons. The summed E-state index contributed by atoms with van der Waals surface area (Å²) in [6, 6.07) is -0.628. The molecule has 8 nitrogen and oxygen atoms in total. The largest absolute Gasteiger partial charge is 0.477 e. The van der Waals surface area contributed by atoms with Crippen LogP contribution >= 0.6 is 0 Å². The third-order valence-corrected chi connectivity index (χ3v) is 7.70. The summed E-state index contributed by atoms with van der Waals surface area (Å²) in [7, 11) is 5.47. The Bertz CT molecular complexity index is 1030. The number of hydrogen-bond acceptors (Lipinski definition) is 6. The number of carboxylic acids is 1. The normalized spacial score (nSPS) is 13.9. The topological polar surface area (TPSA) is 99.1 Å². The van der Waals surface area contributed by atoms with E-state index in [0.29, 0.717) is 19.3 Å². The monoisotopic (exact) mass is 686 g/mol. The van der Waals surface area contributed by atoms with Gasteiger partial charge in [0.05, 0.1) is 34.4 Å². The van der Waals surface area contributed by atoms with E-state index in [1.165, 1.54) is 19.3 Å². The van der Waals surface area contributed by atoms with Crippen molar-refractivity contribution >= 4 is 17.9 Å². The summed E-state index contributed by atoms with van der Waals surface area (Å²) >= 11 is 0. The highest BCUT2D eigenvalue weighted by Gasteiger charge is 2.31. The van der Waals surface area contributed by atoms with Crippen LogP contribution in [0.4, 0.5) is 0 Å². The number of esters is 2. The van der Waals surface area contributed by atoms with Gasteiger partial charge in [-0.25, -0.2) is 4.79 Å². The lowest BCUT2D eigenvalue weighted by Gasteiger charge is -2.31. The van der Waals surface area contributed by atoms with Gasteiger partial charge >= 0.3 is 17.9 Å². The number of hydrogen-bond donors (Lipinski definition) is 1. The zero-order valence-electron chi connectivity index (χ0n) is 31.4. The second-order valence-electron chi connectivity index (χ2n) is 13.2. The molecule has 0 rings (SSSR count). The summed E-state index contributed by atoms with van der Waals surface area (Å²) < 4.78 is 17.0. The van der Waals surface area contributed by atoms with Crippen LogP contribution in [0.2, 0.25) is 0 Å². The maximum atomic E-state index is 12.5. The van der Waals surface area contributed by atoms with Crippen LogP contribution in [0.3, 0.4) is 0 Å². The van der Waals surface area contributed by atoms with Crippen molar-refractivity contribution < 1.29 is 38.2 Å². The minimum Gasteiger partial charge on any atom is -0.477 e. The summed E-state index contributed by atoms with van der Waals surface area (Å²) in [5.74, 6) is -1.61. The molecule has 0 radical (unpaired) electrons. The maximum Gasteiger partial charge on any atom is 0.362 e. The predicted octanol–water partition coefficient (Wildman–Crippen LogP) is 9.24. The van der Waals surface area contributed by atoms with Gasteiger partial charge in [0, 0.05) is 19.3 Å². The maximum absolute atomic E-state index is 12.5. The van der Waals surface area contributed by atoms with E-state index < -0.39 is 24.1 Å². The van der Waals surface area contributed by atoms with Crippen molar-refractivity contribution in [2.45, 2.75) is 129 Å². The third-order valence-electron chi connectivity index (χ3n) is 7.70. The van der Waals surface area contributed by atoms with Gasteiger partial charge in [-0.2, -0.15) is 0 Å². The third kappa shape index (κ3) is 30.6. The van der Waals surface area contributed by atoms with Crippen LogP contribution in [0.1, 0.15) is 117 Å². The summed E-state index contributed by atoms with van der Waals surface area (Å²) in [5, 5.41) is 9.55. The molecule has 2 atom stereocenters. The minimum absolute atomic E-state index is 0.0254. The number of nitrogens with zero attached hydrogens (tertiary/aromatic N) is 1. The number of carboxylic acid groups (broad SMARTS) is 1. The Hall–Kier alpha value is -3.23. The molecule has 0 amide bonds. The molecule has 0 aromatic rings. The van der Waals surface area contributed by atoms with Gasteiger partial charge in [-0.05, 0) is 51.4 Å². The highest BCUT2D eigenvalue weighted by atomic mass is 16.6. The molecule has 0 bridgehead atoms. The lowest BCUT2D eigenvalue weighted by molar-refractivity contribution is -0.887. The van der Waals surface area contributed by atoms with Gasteiger partial charge in [-0.1, -0.05) is 119 Å². The zero-order chi connectivity index (χ0) is 36.4. The molecule has 0 saturated carbocycles. The van der Waals surface area contributed by atoms with Gasteiger partial charge < -0.3 is 23.8 Å². The van der Waals surface area contributed by atoms with E-state index in [4.69, 9.17) is 14.2 Å². The standard InChI is InChI=1S/C41H67NO7/c1-6-8-10-12-14-15-16-17-18-19-20-21-22-23-24-26-27-29-31-39(43)48-36-37(35-47-34-33-38(41(45)46)42(3,4)5)49-40(44)32-30-28-25-13-11-9-7-2/h9,11,14-21,25,28,37-38H,6-8,10,12-13,22-24,26-27,29-36H2,1-5H3/p+1/b11-9+,15-14+,17-16+,19-18+,21-20+,28-25+. The van der Waals surface area contributed by atoms with Crippen LogP contribution in [-0.2, 0) is 28.6 Å². The van der Waals surface area contributed by atoms with E-state index in [1.54, 1.807) is 0 Å². The van der Waals surface area contributed by atoms with Crippen molar-refractivity contribution in [1.82, 2.24) is 0 Å². The van der Waals surface area contributed by atoms with Crippen LogP contribution in [-0.4, -0.2) is 80.6 Å². The van der Waals surface area contributed by atoms with Crippen molar-refractivity contribution in [2.75, 3.05) is 41.0 Å². The minimum atomic E-state index is -0.892. The number of quaternary nitrogens is 1. The smallest absolute Gasteiger partial charge is 0.362 e. The van der Waals surface area contributed by atoms with Crippen LogP contribution in [0.15, 0.2) is 72.9 Å². The van der Waals surface area contributed by atoms with Gasteiger partial charge in [-0.3, -0.25) is 9.59 Å². The van der Waals surface area contributed by atoms with Gasteiger partial charge in [0.25, 0.3) is 0 Å². The van der Waals surface area contributed by atoms with Crippen molar-refractivity contribution in [2.24, 2.45) is 0 Å². The van der Waals surface area contributed by atoms with Crippen molar-refractivity contribution in [3.8, 4) is 0 Å².